The fraction of sp³-hybridized carbons (Fsp3) is 0.391. The molecule has 0 aromatic heterocycles. The quantitative estimate of drug-likeness (QED) is 0.554. The highest BCUT2D eigenvalue weighted by molar-refractivity contribution is 6.42. The van der Waals surface area contributed by atoms with Gasteiger partial charge in [-0.3, -0.25) is 9.59 Å². The third kappa shape index (κ3) is 4.93. The molecule has 1 aliphatic rings. The van der Waals surface area contributed by atoms with Gasteiger partial charge in [0, 0.05) is 11.3 Å². The molecule has 0 bridgehead atoms. The Morgan fingerprint density at radius 1 is 0.966 bits per heavy atom. The highest BCUT2D eigenvalue weighted by Crippen LogP contribution is 2.41. The van der Waals surface area contributed by atoms with E-state index in [1.807, 2.05) is 38.1 Å². The lowest BCUT2D eigenvalue weighted by Crippen LogP contribution is -2.40. The van der Waals surface area contributed by atoms with Gasteiger partial charge in [0.15, 0.2) is 0 Å². The number of rotatable bonds is 5. The molecule has 6 heteroatoms. The zero-order valence-corrected chi connectivity index (χ0v) is 18.1. The van der Waals surface area contributed by atoms with Gasteiger partial charge in [-0.1, -0.05) is 54.6 Å². The Kier molecular flexibility index (Phi) is 6.86. The number of esters is 1. The Bertz CT molecular complexity index is 887. The molecular weight excluding hydrogens is 409 g/mol. The van der Waals surface area contributed by atoms with E-state index in [4.69, 9.17) is 27.9 Å². The summed E-state index contributed by atoms with van der Waals surface area (Å²) in [5.41, 5.74) is 1.41. The minimum absolute atomic E-state index is 0.147. The van der Waals surface area contributed by atoms with Crippen LogP contribution in [0.2, 0.25) is 10.0 Å². The summed E-state index contributed by atoms with van der Waals surface area (Å²) in [6, 6.07) is 12.2. The zero-order chi connectivity index (χ0) is 21.0. The van der Waals surface area contributed by atoms with Crippen LogP contribution in [0.25, 0.3) is 0 Å². The maximum Gasteiger partial charge on any atom is 0.316 e. The molecule has 2 aromatic rings. The molecule has 1 N–H and O–H groups in total. The standard InChI is InChI=1S/C23H25Cl2NO3/c1-15(2)29-22(28)23(12-4-3-5-13-23)17-7-9-18(10-8-17)26-21(27)16-6-11-19(24)20(25)14-16/h6-11,14-15H,3-5,12-13H2,1-2H3,(H,26,27). The van der Waals surface area contributed by atoms with E-state index in [-0.39, 0.29) is 18.0 Å². The normalized spacial score (nSPS) is 15.8. The van der Waals surface area contributed by atoms with Crippen LogP contribution in [-0.2, 0) is 14.9 Å². The monoisotopic (exact) mass is 433 g/mol. The maximum atomic E-state index is 12.9. The van der Waals surface area contributed by atoms with Crippen LogP contribution >= 0.6 is 23.2 Å². The van der Waals surface area contributed by atoms with Crippen molar-refractivity contribution in [3.05, 3.63) is 63.6 Å². The lowest BCUT2D eigenvalue weighted by molar-refractivity contribution is -0.156. The van der Waals surface area contributed by atoms with E-state index in [1.165, 1.54) is 6.07 Å². The molecule has 154 valence electrons. The second-order valence-corrected chi connectivity index (χ2v) is 8.57. The summed E-state index contributed by atoms with van der Waals surface area (Å²) in [5.74, 6) is -0.428. The number of nitrogens with one attached hydrogen (secondary N) is 1. The topological polar surface area (TPSA) is 55.4 Å². The first-order valence-corrected chi connectivity index (χ1v) is 10.7. The van der Waals surface area contributed by atoms with Crippen molar-refractivity contribution in [1.82, 2.24) is 0 Å². The van der Waals surface area contributed by atoms with E-state index in [0.717, 1.165) is 37.7 Å². The summed E-state index contributed by atoms with van der Waals surface area (Å²) in [6.07, 6.45) is 4.56. The van der Waals surface area contributed by atoms with Gasteiger partial charge >= 0.3 is 5.97 Å². The number of hydrogen-bond acceptors (Lipinski definition) is 3. The summed E-state index contributed by atoms with van der Waals surface area (Å²) < 4.78 is 5.59. The molecule has 3 rings (SSSR count). The Labute approximate surface area is 181 Å². The Morgan fingerprint density at radius 2 is 1.62 bits per heavy atom. The molecule has 0 heterocycles. The number of halogens is 2. The van der Waals surface area contributed by atoms with Crippen molar-refractivity contribution in [1.29, 1.82) is 0 Å². The third-order valence-electron chi connectivity index (χ3n) is 5.32. The molecule has 0 atom stereocenters. The molecule has 1 fully saturated rings. The van der Waals surface area contributed by atoms with Crippen LogP contribution in [-0.4, -0.2) is 18.0 Å². The molecule has 0 saturated heterocycles. The summed E-state index contributed by atoms with van der Waals surface area (Å²) in [5, 5.41) is 3.58. The molecule has 0 radical (unpaired) electrons. The lowest BCUT2D eigenvalue weighted by Gasteiger charge is -2.36. The molecule has 1 saturated carbocycles. The van der Waals surface area contributed by atoms with Gasteiger partial charge in [-0.15, -0.1) is 0 Å². The predicted molar refractivity (Wildman–Crippen MR) is 117 cm³/mol. The number of carbonyl (C=O) groups is 2. The highest BCUT2D eigenvalue weighted by Gasteiger charge is 2.42. The second kappa shape index (κ2) is 9.19. The third-order valence-corrected chi connectivity index (χ3v) is 6.06. The van der Waals surface area contributed by atoms with Crippen molar-refractivity contribution in [3.63, 3.8) is 0 Å². The maximum absolute atomic E-state index is 12.9. The zero-order valence-electron chi connectivity index (χ0n) is 16.6. The molecular formula is C23H25Cl2NO3. The van der Waals surface area contributed by atoms with Gasteiger partial charge in [0.25, 0.3) is 5.91 Å². The minimum Gasteiger partial charge on any atom is -0.462 e. The fourth-order valence-corrected chi connectivity index (χ4v) is 4.10. The van der Waals surface area contributed by atoms with E-state index < -0.39 is 5.41 Å². The highest BCUT2D eigenvalue weighted by atomic mass is 35.5. The molecule has 4 nitrogen and oxygen atoms in total. The van der Waals surface area contributed by atoms with Crippen LogP contribution in [0, 0.1) is 0 Å². The number of anilines is 1. The second-order valence-electron chi connectivity index (χ2n) is 7.76. The van der Waals surface area contributed by atoms with Gasteiger partial charge in [0.1, 0.15) is 0 Å². The van der Waals surface area contributed by atoms with E-state index >= 15 is 0 Å². The number of amides is 1. The van der Waals surface area contributed by atoms with Crippen molar-refractivity contribution < 1.29 is 14.3 Å². The van der Waals surface area contributed by atoms with Crippen molar-refractivity contribution in [2.45, 2.75) is 57.5 Å². The average molecular weight is 434 g/mol. The van der Waals surface area contributed by atoms with Crippen molar-refractivity contribution >= 4 is 40.8 Å². The molecule has 0 aliphatic heterocycles. The van der Waals surface area contributed by atoms with Gasteiger partial charge in [-0.25, -0.2) is 0 Å². The van der Waals surface area contributed by atoms with Crippen LogP contribution < -0.4 is 5.32 Å². The van der Waals surface area contributed by atoms with Gasteiger partial charge in [0.05, 0.1) is 21.6 Å². The van der Waals surface area contributed by atoms with Crippen LogP contribution in [0.5, 0.6) is 0 Å². The van der Waals surface area contributed by atoms with E-state index in [0.29, 0.717) is 21.3 Å². The summed E-state index contributed by atoms with van der Waals surface area (Å²) in [7, 11) is 0. The predicted octanol–water partition coefficient (Wildman–Crippen LogP) is 6.40. The van der Waals surface area contributed by atoms with Crippen molar-refractivity contribution in [2.75, 3.05) is 5.32 Å². The van der Waals surface area contributed by atoms with Crippen LogP contribution in [0.1, 0.15) is 61.9 Å². The van der Waals surface area contributed by atoms with Gasteiger partial charge in [-0.2, -0.15) is 0 Å². The summed E-state index contributed by atoms with van der Waals surface area (Å²) in [4.78, 5) is 25.4. The fourth-order valence-electron chi connectivity index (χ4n) is 3.81. The largest absolute Gasteiger partial charge is 0.462 e. The lowest BCUT2D eigenvalue weighted by atomic mass is 9.69. The number of hydrogen-bond donors (Lipinski definition) is 1. The van der Waals surface area contributed by atoms with Gasteiger partial charge < -0.3 is 10.1 Å². The minimum atomic E-state index is -0.602. The molecule has 0 spiro atoms. The number of carbonyl (C=O) groups excluding carboxylic acids is 2. The Morgan fingerprint density at radius 3 is 2.21 bits per heavy atom. The van der Waals surface area contributed by atoms with Gasteiger partial charge in [-0.05, 0) is 62.6 Å². The number of ether oxygens (including phenoxy) is 1. The van der Waals surface area contributed by atoms with E-state index in [1.54, 1.807) is 12.1 Å². The first-order valence-electron chi connectivity index (χ1n) is 9.90. The van der Waals surface area contributed by atoms with Crippen LogP contribution in [0.3, 0.4) is 0 Å². The van der Waals surface area contributed by atoms with E-state index in [2.05, 4.69) is 5.32 Å². The molecule has 1 amide bonds. The smallest absolute Gasteiger partial charge is 0.316 e. The molecule has 29 heavy (non-hydrogen) atoms. The van der Waals surface area contributed by atoms with E-state index in [9.17, 15) is 9.59 Å². The van der Waals surface area contributed by atoms with Crippen molar-refractivity contribution in [2.24, 2.45) is 0 Å². The SMILES string of the molecule is CC(C)OC(=O)C1(c2ccc(NC(=O)c3ccc(Cl)c(Cl)c3)cc2)CCCCC1. The summed E-state index contributed by atoms with van der Waals surface area (Å²) in [6.45, 7) is 3.74. The van der Waals surface area contributed by atoms with Gasteiger partial charge in [0.2, 0.25) is 0 Å². The van der Waals surface area contributed by atoms with Crippen molar-refractivity contribution in [3.8, 4) is 0 Å². The molecule has 0 unspecified atom stereocenters. The molecule has 1 aliphatic carbocycles. The summed E-state index contributed by atoms with van der Waals surface area (Å²) >= 11 is 11.9. The van der Waals surface area contributed by atoms with Crippen LogP contribution in [0.15, 0.2) is 42.5 Å². The Balaban J connectivity index is 1.79. The number of benzene rings is 2. The Hall–Kier alpha value is -2.04. The molecule has 2 aromatic carbocycles. The first kappa shape index (κ1) is 21.7. The first-order chi connectivity index (χ1) is 13.8. The average Bonchev–Trinajstić information content (AvgIpc) is 2.70. The van der Waals surface area contributed by atoms with Crippen LogP contribution in [0.4, 0.5) is 5.69 Å².